The first-order valence-corrected chi connectivity index (χ1v) is 6.05. The van der Waals surface area contributed by atoms with Gasteiger partial charge < -0.3 is 14.2 Å². The molecule has 1 aromatic carbocycles. The first-order chi connectivity index (χ1) is 10.4. The lowest BCUT2D eigenvalue weighted by atomic mass is 10.0. The number of carbonyl (C=O) groups is 4. The summed E-state index contributed by atoms with van der Waals surface area (Å²) >= 11 is 0. The van der Waals surface area contributed by atoms with Crippen molar-refractivity contribution in [3.63, 3.8) is 0 Å². The molecular weight excluding hydrogens is 292 g/mol. The van der Waals surface area contributed by atoms with Crippen LogP contribution in [0.25, 0.3) is 0 Å². The predicted molar refractivity (Wildman–Crippen MR) is 74.6 cm³/mol. The van der Waals surface area contributed by atoms with Crippen LogP contribution in [0.15, 0.2) is 30.4 Å². The van der Waals surface area contributed by atoms with E-state index in [1.807, 2.05) is 0 Å². The van der Waals surface area contributed by atoms with Gasteiger partial charge in [-0.3, -0.25) is 4.79 Å². The Hall–Kier alpha value is -2.96. The Morgan fingerprint density at radius 3 is 1.59 bits per heavy atom. The molecule has 0 unspecified atom stereocenters. The normalized spacial score (nSPS) is 10.1. The van der Waals surface area contributed by atoms with Crippen LogP contribution in [-0.2, 0) is 19.0 Å². The maximum Gasteiger partial charge on any atom is 0.337 e. The van der Waals surface area contributed by atoms with E-state index in [-0.39, 0.29) is 16.7 Å². The third kappa shape index (κ3) is 4.27. The molecule has 1 rings (SSSR count). The summed E-state index contributed by atoms with van der Waals surface area (Å²) in [5.41, 5.74) is 0.0592. The van der Waals surface area contributed by atoms with E-state index >= 15 is 0 Å². The lowest BCUT2D eigenvalue weighted by Gasteiger charge is -2.06. The minimum atomic E-state index is -0.711. The van der Waals surface area contributed by atoms with Crippen LogP contribution in [0.2, 0.25) is 0 Å². The van der Waals surface area contributed by atoms with Crippen LogP contribution in [0.1, 0.15) is 31.1 Å². The van der Waals surface area contributed by atoms with Gasteiger partial charge in [0.15, 0.2) is 5.78 Å². The molecule has 0 aliphatic rings. The molecule has 0 spiro atoms. The number of hydrogen-bond donors (Lipinski definition) is 0. The summed E-state index contributed by atoms with van der Waals surface area (Å²) < 4.78 is 13.5. The zero-order valence-electron chi connectivity index (χ0n) is 12.2. The smallest absolute Gasteiger partial charge is 0.337 e. The Morgan fingerprint density at radius 2 is 1.18 bits per heavy atom. The average Bonchev–Trinajstić information content (AvgIpc) is 2.57. The molecule has 0 amide bonds. The molecule has 0 aromatic heterocycles. The second kappa shape index (κ2) is 7.72. The highest BCUT2D eigenvalue weighted by Crippen LogP contribution is 2.14. The van der Waals surface area contributed by atoms with Crippen molar-refractivity contribution in [3.8, 4) is 0 Å². The van der Waals surface area contributed by atoms with Gasteiger partial charge in [-0.05, 0) is 24.3 Å². The van der Waals surface area contributed by atoms with E-state index in [4.69, 9.17) is 0 Å². The molecule has 0 N–H and O–H groups in total. The Balaban J connectivity index is 3.25. The molecule has 0 bridgehead atoms. The summed E-state index contributed by atoms with van der Waals surface area (Å²) in [5, 5.41) is 0. The number of carbonyl (C=O) groups excluding carboxylic acids is 4. The SMILES string of the molecule is COC(=O)/C=C/C(=O)c1cc(C(=O)OC)cc(C(=O)OC)c1. The van der Waals surface area contributed by atoms with Crippen LogP contribution in [0.4, 0.5) is 0 Å². The highest BCUT2D eigenvalue weighted by atomic mass is 16.5. The molecule has 22 heavy (non-hydrogen) atoms. The van der Waals surface area contributed by atoms with Gasteiger partial charge in [-0.25, -0.2) is 14.4 Å². The third-order valence-electron chi connectivity index (χ3n) is 2.63. The Kier molecular flexibility index (Phi) is 6.00. The fraction of sp³-hybridized carbons (Fsp3) is 0.200. The van der Waals surface area contributed by atoms with Crippen molar-refractivity contribution in [2.45, 2.75) is 0 Å². The Morgan fingerprint density at radius 1 is 0.727 bits per heavy atom. The van der Waals surface area contributed by atoms with E-state index < -0.39 is 23.7 Å². The van der Waals surface area contributed by atoms with Crippen LogP contribution in [0.3, 0.4) is 0 Å². The molecule has 0 radical (unpaired) electrons. The van der Waals surface area contributed by atoms with E-state index in [1.165, 1.54) is 39.5 Å². The fourth-order valence-electron chi connectivity index (χ4n) is 1.55. The van der Waals surface area contributed by atoms with Gasteiger partial charge in [0.2, 0.25) is 0 Å². The van der Waals surface area contributed by atoms with Gasteiger partial charge in [0.1, 0.15) is 0 Å². The van der Waals surface area contributed by atoms with Crippen molar-refractivity contribution >= 4 is 23.7 Å². The van der Waals surface area contributed by atoms with E-state index in [9.17, 15) is 19.2 Å². The van der Waals surface area contributed by atoms with E-state index in [2.05, 4.69) is 14.2 Å². The Labute approximate surface area is 126 Å². The van der Waals surface area contributed by atoms with E-state index in [0.717, 1.165) is 12.2 Å². The number of rotatable bonds is 5. The largest absolute Gasteiger partial charge is 0.466 e. The van der Waals surface area contributed by atoms with Crippen molar-refractivity contribution in [3.05, 3.63) is 47.0 Å². The quantitative estimate of drug-likeness (QED) is 0.349. The molecule has 7 nitrogen and oxygen atoms in total. The van der Waals surface area contributed by atoms with Crippen LogP contribution < -0.4 is 0 Å². The first kappa shape index (κ1) is 17.1. The molecular formula is C15H14O7. The molecule has 0 saturated heterocycles. The minimum Gasteiger partial charge on any atom is -0.466 e. The van der Waals surface area contributed by atoms with Crippen molar-refractivity contribution in [1.29, 1.82) is 0 Å². The highest BCUT2D eigenvalue weighted by Gasteiger charge is 2.16. The fourth-order valence-corrected chi connectivity index (χ4v) is 1.55. The number of methoxy groups -OCH3 is 3. The second-order valence-corrected chi connectivity index (χ2v) is 4.00. The van der Waals surface area contributed by atoms with Gasteiger partial charge in [0, 0.05) is 11.6 Å². The van der Waals surface area contributed by atoms with Gasteiger partial charge >= 0.3 is 17.9 Å². The minimum absolute atomic E-state index is 0.0141. The van der Waals surface area contributed by atoms with Crippen molar-refractivity contribution in [2.24, 2.45) is 0 Å². The zero-order chi connectivity index (χ0) is 16.7. The van der Waals surface area contributed by atoms with Crippen molar-refractivity contribution < 1.29 is 33.4 Å². The number of esters is 3. The lowest BCUT2D eigenvalue weighted by Crippen LogP contribution is -2.09. The topological polar surface area (TPSA) is 96.0 Å². The number of hydrogen-bond acceptors (Lipinski definition) is 7. The van der Waals surface area contributed by atoms with Crippen LogP contribution in [-0.4, -0.2) is 45.0 Å². The third-order valence-corrected chi connectivity index (χ3v) is 2.63. The molecule has 1 aromatic rings. The second-order valence-electron chi connectivity index (χ2n) is 4.00. The van der Waals surface area contributed by atoms with Gasteiger partial charge in [0.25, 0.3) is 0 Å². The molecule has 0 heterocycles. The average molecular weight is 306 g/mol. The van der Waals surface area contributed by atoms with Crippen molar-refractivity contribution in [2.75, 3.05) is 21.3 Å². The summed E-state index contributed by atoms with van der Waals surface area (Å²) in [5.74, 6) is -2.71. The Bertz CT molecular complexity index is 609. The predicted octanol–water partition coefficient (Wildman–Crippen LogP) is 1.17. The summed E-state index contributed by atoms with van der Waals surface area (Å²) in [6.45, 7) is 0. The number of allylic oxidation sites excluding steroid dienone is 1. The molecule has 0 fully saturated rings. The highest BCUT2D eigenvalue weighted by molar-refractivity contribution is 6.09. The standard InChI is InChI=1S/C15H14O7/c1-20-13(17)5-4-12(16)9-6-10(14(18)21-2)8-11(7-9)15(19)22-3/h4-8H,1-3H3/b5-4+. The lowest BCUT2D eigenvalue weighted by molar-refractivity contribution is -0.134. The maximum absolute atomic E-state index is 12.0. The van der Waals surface area contributed by atoms with Crippen LogP contribution >= 0.6 is 0 Å². The van der Waals surface area contributed by atoms with Gasteiger partial charge in [0.05, 0.1) is 32.5 Å². The molecule has 116 valence electrons. The van der Waals surface area contributed by atoms with Crippen LogP contribution in [0.5, 0.6) is 0 Å². The number of ether oxygens (including phenoxy) is 3. The van der Waals surface area contributed by atoms with Crippen LogP contribution in [0, 0.1) is 0 Å². The molecule has 0 atom stereocenters. The monoisotopic (exact) mass is 306 g/mol. The summed E-state index contributed by atoms with van der Waals surface area (Å²) in [4.78, 5) is 46.1. The summed E-state index contributed by atoms with van der Waals surface area (Å²) in [6.07, 6.45) is 1.91. The number of ketones is 1. The summed E-state index contributed by atoms with van der Waals surface area (Å²) in [6, 6.07) is 3.75. The van der Waals surface area contributed by atoms with Gasteiger partial charge in [-0.1, -0.05) is 0 Å². The van der Waals surface area contributed by atoms with E-state index in [1.54, 1.807) is 0 Å². The zero-order valence-corrected chi connectivity index (χ0v) is 12.2. The van der Waals surface area contributed by atoms with E-state index in [0.29, 0.717) is 0 Å². The first-order valence-electron chi connectivity index (χ1n) is 6.05. The van der Waals surface area contributed by atoms with Gasteiger partial charge in [-0.15, -0.1) is 0 Å². The molecule has 0 aliphatic carbocycles. The maximum atomic E-state index is 12.0. The molecule has 0 aliphatic heterocycles. The van der Waals surface area contributed by atoms with Crippen molar-refractivity contribution in [1.82, 2.24) is 0 Å². The number of benzene rings is 1. The molecule has 7 heteroatoms. The summed E-state index contributed by atoms with van der Waals surface area (Å²) in [7, 11) is 3.52. The van der Waals surface area contributed by atoms with Gasteiger partial charge in [-0.2, -0.15) is 0 Å². The molecule has 0 saturated carbocycles.